The molecule has 0 bridgehead atoms. The lowest BCUT2D eigenvalue weighted by Crippen LogP contribution is -2.36. The van der Waals surface area contributed by atoms with Gasteiger partial charge in [0.05, 0.1) is 6.04 Å². The third kappa shape index (κ3) is 1.52. The van der Waals surface area contributed by atoms with Crippen LogP contribution in [0.15, 0.2) is 0 Å². The molecule has 2 fully saturated rings. The average molecular weight is 181 g/mol. The van der Waals surface area contributed by atoms with Crippen molar-refractivity contribution in [3.8, 4) is 0 Å². The molecule has 2 rings (SSSR count). The SMILES string of the molecule is CC(=O)C1C2CCCCC2CN1C. The molecule has 0 radical (unpaired) electrons. The van der Waals surface area contributed by atoms with E-state index in [1.165, 1.54) is 25.7 Å². The lowest BCUT2D eigenvalue weighted by Gasteiger charge is -2.27. The molecular formula is C11H19NO. The first-order valence-electron chi connectivity index (χ1n) is 5.41. The zero-order valence-electron chi connectivity index (χ0n) is 8.62. The monoisotopic (exact) mass is 181 g/mol. The second-order valence-corrected chi connectivity index (χ2v) is 4.70. The highest BCUT2D eigenvalue weighted by molar-refractivity contribution is 5.82. The van der Waals surface area contributed by atoms with Gasteiger partial charge in [0, 0.05) is 6.54 Å². The Balaban J connectivity index is 2.13. The number of ketones is 1. The maximum absolute atomic E-state index is 11.5. The van der Waals surface area contributed by atoms with E-state index in [4.69, 9.17) is 0 Å². The summed E-state index contributed by atoms with van der Waals surface area (Å²) in [7, 11) is 2.10. The molecule has 0 aromatic carbocycles. The third-order valence-corrected chi connectivity index (χ3v) is 3.79. The van der Waals surface area contributed by atoms with Gasteiger partial charge < -0.3 is 0 Å². The summed E-state index contributed by atoms with van der Waals surface area (Å²) in [6.45, 7) is 2.90. The van der Waals surface area contributed by atoms with Gasteiger partial charge in [0.1, 0.15) is 5.78 Å². The molecule has 1 aliphatic carbocycles. The summed E-state index contributed by atoms with van der Waals surface area (Å²) in [4.78, 5) is 13.7. The van der Waals surface area contributed by atoms with Crippen molar-refractivity contribution >= 4 is 5.78 Å². The van der Waals surface area contributed by atoms with Crippen LogP contribution in [0, 0.1) is 11.8 Å². The number of Topliss-reactive ketones (excluding diaryl/α,β-unsaturated/α-hetero) is 1. The fraction of sp³-hybridized carbons (Fsp3) is 0.909. The van der Waals surface area contributed by atoms with E-state index in [1.54, 1.807) is 6.92 Å². The standard InChI is InChI=1S/C11H19NO/c1-8(13)11-10-6-4-3-5-9(10)7-12(11)2/h9-11H,3-7H2,1-2H3. The van der Waals surface area contributed by atoms with Crippen LogP contribution in [-0.4, -0.2) is 30.3 Å². The number of carbonyl (C=O) groups is 1. The molecule has 0 spiro atoms. The predicted octanol–water partition coefficient (Wildman–Crippen LogP) is 1.70. The van der Waals surface area contributed by atoms with E-state index in [0.29, 0.717) is 11.7 Å². The molecule has 1 aliphatic heterocycles. The molecule has 1 saturated carbocycles. The second kappa shape index (κ2) is 3.41. The number of carbonyl (C=O) groups excluding carboxylic acids is 1. The molecule has 2 heteroatoms. The van der Waals surface area contributed by atoms with Gasteiger partial charge >= 0.3 is 0 Å². The molecule has 74 valence electrons. The van der Waals surface area contributed by atoms with Gasteiger partial charge in [0.15, 0.2) is 0 Å². The zero-order chi connectivity index (χ0) is 9.42. The van der Waals surface area contributed by atoms with Crippen molar-refractivity contribution in [2.75, 3.05) is 13.6 Å². The van der Waals surface area contributed by atoms with Crippen molar-refractivity contribution in [3.63, 3.8) is 0 Å². The quantitative estimate of drug-likeness (QED) is 0.613. The second-order valence-electron chi connectivity index (χ2n) is 4.70. The van der Waals surface area contributed by atoms with Crippen molar-refractivity contribution in [2.45, 2.75) is 38.6 Å². The molecule has 3 atom stereocenters. The van der Waals surface area contributed by atoms with Crippen molar-refractivity contribution in [2.24, 2.45) is 11.8 Å². The molecule has 0 amide bonds. The minimum absolute atomic E-state index is 0.241. The Morgan fingerprint density at radius 2 is 2.00 bits per heavy atom. The lowest BCUT2D eigenvalue weighted by molar-refractivity contribution is -0.122. The van der Waals surface area contributed by atoms with Crippen LogP contribution in [0.3, 0.4) is 0 Å². The molecule has 2 aliphatic rings. The topological polar surface area (TPSA) is 20.3 Å². The van der Waals surface area contributed by atoms with Crippen LogP contribution in [0.5, 0.6) is 0 Å². The van der Waals surface area contributed by atoms with Gasteiger partial charge in [-0.05, 0) is 38.6 Å². The van der Waals surface area contributed by atoms with Crippen LogP contribution in [0.1, 0.15) is 32.6 Å². The van der Waals surface area contributed by atoms with E-state index >= 15 is 0 Å². The van der Waals surface area contributed by atoms with Crippen molar-refractivity contribution < 1.29 is 4.79 Å². The first kappa shape index (κ1) is 9.20. The average Bonchev–Trinajstić information content (AvgIpc) is 2.39. The Kier molecular flexibility index (Phi) is 2.41. The Morgan fingerprint density at radius 3 is 2.69 bits per heavy atom. The molecular weight excluding hydrogens is 162 g/mol. The third-order valence-electron chi connectivity index (χ3n) is 3.79. The normalized spacial score (nSPS) is 40.3. The van der Waals surface area contributed by atoms with Gasteiger partial charge in [-0.15, -0.1) is 0 Å². The number of hydrogen-bond acceptors (Lipinski definition) is 2. The molecule has 0 N–H and O–H groups in total. The molecule has 1 saturated heterocycles. The van der Waals surface area contributed by atoms with Gasteiger partial charge in [0.25, 0.3) is 0 Å². The Labute approximate surface area is 80.3 Å². The number of rotatable bonds is 1. The molecule has 2 nitrogen and oxygen atoms in total. The van der Waals surface area contributed by atoms with E-state index < -0.39 is 0 Å². The maximum atomic E-state index is 11.5. The highest BCUT2D eigenvalue weighted by Gasteiger charge is 2.42. The van der Waals surface area contributed by atoms with E-state index in [9.17, 15) is 4.79 Å². The number of hydrogen-bond donors (Lipinski definition) is 0. The maximum Gasteiger partial charge on any atom is 0.147 e. The predicted molar refractivity (Wildman–Crippen MR) is 52.5 cm³/mol. The first-order chi connectivity index (χ1) is 6.20. The minimum Gasteiger partial charge on any atom is -0.298 e. The van der Waals surface area contributed by atoms with E-state index in [1.807, 2.05) is 0 Å². The summed E-state index contributed by atoms with van der Waals surface area (Å²) in [5.74, 6) is 1.86. The highest BCUT2D eigenvalue weighted by Crippen LogP contribution is 2.39. The van der Waals surface area contributed by atoms with Gasteiger partial charge in [0.2, 0.25) is 0 Å². The number of fused-ring (bicyclic) bond motifs is 1. The van der Waals surface area contributed by atoms with Crippen LogP contribution < -0.4 is 0 Å². The number of nitrogens with zero attached hydrogens (tertiary/aromatic N) is 1. The van der Waals surface area contributed by atoms with Crippen molar-refractivity contribution in [1.29, 1.82) is 0 Å². The molecule has 1 heterocycles. The highest BCUT2D eigenvalue weighted by atomic mass is 16.1. The fourth-order valence-electron chi connectivity index (χ4n) is 3.30. The van der Waals surface area contributed by atoms with E-state index in [2.05, 4.69) is 11.9 Å². The smallest absolute Gasteiger partial charge is 0.147 e. The molecule has 0 aromatic rings. The lowest BCUT2D eigenvalue weighted by atomic mass is 9.78. The largest absolute Gasteiger partial charge is 0.298 e. The zero-order valence-corrected chi connectivity index (χ0v) is 8.62. The van der Waals surface area contributed by atoms with Gasteiger partial charge in [-0.25, -0.2) is 0 Å². The Hall–Kier alpha value is -0.370. The van der Waals surface area contributed by atoms with Crippen LogP contribution >= 0.6 is 0 Å². The number of likely N-dealkylation sites (tertiary alicyclic amines) is 1. The van der Waals surface area contributed by atoms with Crippen LogP contribution in [0.4, 0.5) is 0 Å². The van der Waals surface area contributed by atoms with E-state index in [0.717, 1.165) is 12.5 Å². The van der Waals surface area contributed by atoms with Crippen molar-refractivity contribution in [3.05, 3.63) is 0 Å². The van der Waals surface area contributed by atoms with Crippen LogP contribution in [0.25, 0.3) is 0 Å². The summed E-state index contributed by atoms with van der Waals surface area (Å²) in [6.07, 6.45) is 5.33. The molecule has 13 heavy (non-hydrogen) atoms. The van der Waals surface area contributed by atoms with Crippen LogP contribution in [-0.2, 0) is 4.79 Å². The fourth-order valence-corrected chi connectivity index (χ4v) is 3.30. The summed E-state index contributed by atoms with van der Waals surface area (Å²) in [5, 5.41) is 0. The number of likely N-dealkylation sites (N-methyl/N-ethyl adjacent to an activating group) is 1. The van der Waals surface area contributed by atoms with Gasteiger partial charge in [-0.1, -0.05) is 12.8 Å². The summed E-state index contributed by atoms with van der Waals surface area (Å²) in [5.41, 5.74) is 0. The summed E-state index contributed by atoms with van der Waals surface area (Å²) < 4.78 is 0. The minimum atomic E-state index is 0.241. The van der Waals surface area contributed by atoms with Gasteiger partial charge in [-0.2, -0.15) is 0 Å². The van der Waals surface area contributed by atoms with Crippen LogP contribution in [0.2, 0.25) is 0 Å². The Morgan fingerprint density at radius 1 is 1.31 bits per heavy atom. The Bertz CT molecular complexity index is 214. The van der Waals surface area contributed by atoms with Gasteiger partial charge in [-0.3, -0.25) is 9.69 Å². The summed E-state index contributed by atoms with van der Waals surface area (Å²) in [6, 6.07) is 0.241. The summed E-state index contributed by atoms with van der Waals surface area (Å²) >= 11 is 0. The molecule has 0 aromatic heterocycles. The first-order valence-corrected chi connectivity index (χ1v) is 5.41. The van der Waals surface area contributed by atoms with Crippen molar-refractivity contribution in [1.82, 2.24) is 4.90 Å². The molecule has 3 unspecified atom stereocenters. The van der Waals surface area contributed by atoms with E-state index in [-0.39, 0.29) is 6.04 Å².